The van der Waals surface area contributed by atoms with Gasteiger partial charge in [0.15, 0.2) is 0 Å². The molecular weight excluding hydrogens is 279 g/mol. The minimum absolute atomic E-state index is 0.121. The first-order valence-corrected chi connectivity index (χ1v) is 6.37. The van der Waals surface area contributed by atoms with Crippen LogP contribution < -0.4 is 0 Å². The van der Waals surface area contributed by atoms with Gasteiger partial charge in [-0.25, -0.2) is 4.39 Å². The van der Waals surface area contributed by atoms with Crippen LogP contribution in [0.3, 0.4) is 0 Å². The molecule has 0 aliphatic carbocycles. The van der Waals surface area contributed by atoms with Crippen LogP contribution in [0.1, 0.15) is 16.1 Å². The molecule has 3 nitrogen and oxygen atoms in total. The van der Waals surface area contributed by atoms with E-state index in [0.717, 1.165) is 17.0 Å². The molecule has 20 heavy (non-hydrogen) atoms. The summed E-state index contributed by atoms with van der Waals surface area (Å²) in [7, 11) is 1.76. The number of aryl methyl sites for hydroxylation is 1. The summed E-state index contributed by atoms with van der Waals surface area (Å²) < 4.78 is 14.9. The molecule has 0 spiro atoms. The van der Waals surface area contributed by atoms with Crippen molar-refractivity contribution in [3.8, 4) is 0 Å². The third-order valence-corrected chi connectivity index (χ3v) is 3.48. The Balaban J connectivity index is 2.20. The van der Waals surface area contributed by atoms with Crippen molar-refractivity contribution in [2.24, 2.45) is 7.05 Å². The highest BCUT2D eigenvalue weighted by atomic mass is 35.5. The van der Waals surface area contributed by atoms with Gasteiger partial charge in [0.25, 0.3) is 0 Å². The highest BCUT2D eigenvalue weighted by Crippen LogP contribution is 2.24. The molecule has 0 radical (unpaired) electrons. The van der Waals surface area contributed by atoms with Crippen molar-refractivity contribution in [2.75, 3.05) is 0 Å². The minimum Gasteiger partial charge on any atom is -0.287 e. The van der Waals surface area contributed by atoms with Gasteiger partial charge in [-0.3, -0.25) is 9.48 Å². The second-order valence-electron chi connectivity index (χ2n) is 4.44. The van der Waals surface area contributed by atoms with Gasteiger partial charge in [-0.2, -0.15) is 5.10 Å². The van der Waals surface area contributed by atoms with Crippen molar-refractivity contribution in [1.29, 1.82) is 0 Å². The van der Waals surface area contributed by atoms with Crippen LogP contribution in [-0.4, -0.2) is 15.6 Å². The third-order valence-electron chi connectivity index (χ3n) is 3.15. The van der Waals surface area contributed by atoms with E-state index in [1.807, 2.05) is 24.3 Å². The van der Waals surface area contributed by atoms with E-state index in [9.17, 15) is 9.18 Å². The second kappa shape index (κ2) is 4.72. The predicted octanol–water partition coefficient (Wildman–Crippen LogP) is 3.60. The Labute approximate surface area is 119 Å². The van der Waals surface area contributed by atoms with Gasteiger partial charge >= 0.3 is 0 Å². The Hall–Kier alpha value is -2.20. The maximum atomic E-state index is 13.3. The molecule has 2 aromatic carbocycles. The number of carbonyl (C=O) groups excluding carboxylic acids is 1. The highest BCUT2D eigenvalue weighted by molar-refractivity contribution is 6.35. The fraction of sp³-hybridized carbons (Fsp3) is 0.0667. The molecule has 0 aliphatic rings. The van der Waals surface area contributed by atoms with Crippen LogP contribution >= 0.6 is 11.6 Å². The number of nitrogens with zero attached hydrogens (tertiary/aromatic N) is 2. The molecule has 1 heterocycles. The number of benzene rings is 2. The SMILES string of the molecule is Cn1nc(C(=O)c2cc(F)ccc2Cl)c2ccccc21. The Bertz CT molecular complexity index is 826. The lowest BCUT2D eigenvalue weighted by Crippen LogP contribution is -2.05. The molecule has 0 fully saturated rings. The van der Waals surface area contributed by atoms with Gasteiger partial charge in [0.2, 0.25) is 5.78 Å². The molecule has 0 saturated carbocycles. The van der Waals surface area contributed by atoms with Crippen molar-refractivity contribution in [3.63, 3.8) is 0 Å². The standard InChI is InChI=1S/C15H10ClFN2O/c1-19-13-5-3-2-4-10(13)14(18-19)15(20)11-8-9(17)6-7-12(11)16/h2-8H,1H3. The number of ketones is 1. The zero-order chi connectivity index (χ0) is 14.3. The predicted molar refractivity (Wildman–Crippen MR) is 75.6 cm³/mol. The fourth-order valence-electron chi connectivity index (χ4n) is 2.18. The van der Waals surface area contributed by atoms with Gasteiger partial charge < -0.3 is 0 Å². The number of carbonyl (C=O) groups is 1. The van der Waals surface area contributed by atoms with E-state index in [1.54, 1.807) is 11.7 Å². The lowest BCUT2D eigenvalue weighted by Gasteiger charge is -2.01. The quantitative estimate of drug-likeness (QED) is 0.675. The smallest absolute Gasteiger partial charge is 0.215 e. The molecule has 0 amide bonds. The summed E-state index contributed by atoms with van der Waals surface area (Å²) >= 11 is 5.98. The Morgan fingerprint density at radius 1 is 1.25 bits per heavy atom. The largest absolute Gasteiger partial charge is 0.287 e. The first-order valence-electron chi connectivity index (χ1n) is 5.99. The van der Waals surface area contributed by atoms with Gasteiger partial charge in [0.05, 0.1) is 10.5 Å². The number of aromatic nitrogens is 2. The molecule has 0 atom stereocenters. The molecule has 5 heteroatoms. The zero-order valence-electron chi connectivity index (χ0n) is 10.6. The van der Waals surface area contributed by atoms with E-state index in [1.165, 1.54) is 12.1 Å². The van der Waals surface area contributed by atoms with Crippen molar-refractivity contribution in [2.45, 2.75) is 0 Å². The summed E-state index contributed by atoms with van der Waals surface area (Å²) in [4.78, 5) is 12.5. The molecule has 3 rings (SSSR count). The number of rotatable bonds is 2. The molecule has 100 valence electrons. The Morgan fingerprint density at radius 2 is 2.00 bits per heavy atom. The maximum Gasteiger partial charge on any atom is 0.215 e. The van der Waals surface area contributed by atoms with Crippen molar-refractivity contribution in [1.82, 2.24) is 9.78 Å². The molecule has 0 saturated heterocycles. The highest BCUT2D eigenvalue weighted by Gasteiger charge is 2.20. The Morgan fingerprint density at radius 3 is 2.80 bits per heavy atom. The number of hydrogen-bond acceptors (Lipinski definition) is 2. The van der Waals surface area contributed by atoms with Crippen LogP contribution in [-0.2, 0) is 7.05 Å². The van der Waals surface area contributed by atoms with Crippen LogP contribution in [0, 0.1) is 5.82 Å². The fourth-order valence-corrected chi connectivity index (χ4v) is 2.38. The lowest BCUT2D eigenvalue weighted by atomic mass is 10.1. The number of fused-ring (bicyclic) bond motifs is 1. The molecule has 3 aromatic rings. The van der Waals surface area contributed by atoms with Gasteiger partial charge in [0, 0.05) is 18.0 Å². The maximum absolute atomic E-state index is 13.3. The van der Waals surface area contributed by atoms with Crippen molar-refractivity contribution < 1.29 is 9.18 Å². The molecular formula is C15H10ClFN2O. The molecule has 0 unspecified atom stereocenters. The zero-order valence-corrected chi connectivity index (χ0v) is 11.4. The van der Waals surface area contributed by atoms with Crippen LogP contribution in [0.25, 0.3) is 10.9 Å². The first-order chi connectivity index (χ1) is 9.58. The van der Waals surface area contributed by atoms with Gasteiger partial charge in [-0.05, 0) is 24.3 Å². The summed E-state index contributed by atoms with van der Waals surface area (Å²) in [5.41, 5.74) is 1.23. The average Bonchev–Trinajstić information content (AvgIpc) is 2.79. The second-order valence-corrected chi connectivity index (χ2v) is 4.85. The lowest BCUT2D eigenvalue weighted by molar-refractivity contribution is 0.103. The summed E-state index contributed by atoms with van der Waals surface area (Å²) in [6, 6.07) is 11.1. The Kier molecular flexibility index (Phi) is 3.03. The third kappa shape index (κ3) is 1.98. The number of para-hydroxylation sites is 1. The molecule has 0 aliphatic heterocycles. The van der Waals surface area contributed by atoms with E-state index < -0.39 is 5.82 Å². The van der Waals surface area contributed by atoms with E-state index in [4.69, 9.17) is 11.6 Å². The first kappa shape index (κ1) is 12.8. The van der Waals surface area contributed by atoms with Gasteiger partial charge in [-0.1, -0.05) is 29.8 Å². The average molecular weight is 289 g/mol. The number of hydrogen-bond donors (Lipinski definition) is 0. The van der Waals surface area contributed by atoms with Crippen LogP contribution in [0.2, 0.25) is 5.02 Å². The van der Waals surface area contributed by atoms with Crippen LogP contribution in [0.4, 0.5) is 4.39 Å². The molecule has 1 aromatic heterocycles. The molecule has 0 bridgehead atoms. The molecule has 0 N–H and O–H groups in total. The van der Waals surface area contributed by atoms with E-state index in [2.05, 4.69) is 5.10 Å². The summed E-state index contributed by atoms with van der Waals surface area (Å²) in [6.07, 6.45) is 0. The van der Waals surface area contributed by atoms with E-state index in [0.29, 0.717) is 0 Å². The minimum atomic E-state index is -0.502. The summed E-state index contributed by atoms with van der Waals surface area (Å²) in [5.74, 6) is -0.885. The van der Waals surface area contributed by atoms with Crippen LogP contribution in [0.15, 0.2) is 42.5 Å². The van der Waals surface area contributed by atoms with Gasteiger partial charge in [-0.15, -0.1) is 0 Å². The topological polar surface area (TPSA) is 34.9 Å². The van der Waals surface area contributed by atoms with Crippen LogP contribution in [0.5, 0.6) is 0 Å². The van der Waals surface area contributed by atoms with Crippen molar-refractivity contribution >= 4 is 28.3 Å². The van der Waals surface area contributed by atoms with Gasteiger partial charge in [0.1, 0.15) is 11.5 Å². The monoisotopic (exact) mass is 288 g/mol. The van der Waals surface area contributed by atoms with E-state index in [-0.39, 0.29) is 22.1 Å². The summed E-state index contributed by atoms with van der Waals surface area (Å²) in [5, 5.41) is 5.16. The normalized spacial score (nSPS) is 10.9. The number of halogens is 2. The van der Waals surface area contributed by atoms with E-state index >= 15 is 0 Å². The summed E-state index contributed by atoms with van der Waals surface area (Å²) in [6.45, 7) is 0. The van der Waals surface area contributed by atoms with Crippen molar-refractivity contribution in [3.05, 3.63) is 64.6 Å².